The SMILES string of the molecule is NC(=O)CCOc1ccccc1NC(=O)CC(NC(=O)c1ccccc1Cl)c1ccccc1. The molecule has 170 valence electrons. The molecule has 0 aromatic heterocycles. The van der Waals surface area contributed by atoms with Crippen LogP contribution in [0.4, 0.5) is 5.69 Å². The number of hydrogen-bond acceptors (Lipinski definition) is 4. The van der Waals surface area contributed by atoms with E-state index in [4.69, 9.17) is 22.1 Å². The summed E-state index contributed by atoms with van der Waals surface area (Å²) in [6.45, 7) is 0.1000. The minimum absolute atomic E-state index is 0.0180. The van der Waals surface area contributed by atoms with Gasteiger partial charge >= 0.3 is 0 Å². The molecule has 33 heavy (non-hydrogen) atoms. The zero-order chi connectivity index (χ0) is 23.6. The monoisotopic (exact) mass is 465 g/mol. The normalized spacial score (nSPS) is 11.3. The third kappa shape index (κ3) is 7.08. The lowest BCUT2D eigenvalue weighted by Crippen LogP contribution is -2.31. The number of primary amides is 1. The molecule has 1 unspecified atom stereocenters. The second-order valence-electron chi connectivity index (χ2n) is 7.23. The van der Waals surface area contributed by atoms with Crippen molar-refractivity contribution in [2.75, 3.05) is 11.9 Å². The molecule has 1 atom stereocenters. The predicted molar refractivity (Wildman–Crippen MR) is 127 cm³/mol. The number of hydrogen-bond donors (Lipinski definition) is 3. The van der Waals surface area contributed by atoms with Crippen LogP contribution in [0, 0.1) is 0 Å². The highest BCUT2D eigenvalue weighted by Gasteiger charge is 2.21. The highest BCUT2D eigenvalue weighted by molar-refractivity contribution is 6.33. The van der Waals surface area contributed by atoms with Crippen molar-refractivity contribution in [3.05, 3.63) is 95.0 Å². The van der Waals surface area contributed by atoms with Gasteiger partial charge in [0.15, 0.2) is 0 Å². The molecule has 0 saturated carbocycles. The Hall–Kier alpha value is -3.84. The molecule has 0 aliphatic heterocycles. The number of para-hydroxylation sites is 2. The number of benzene rings is 3. The van der Waals surface area contributed by atoms with Crippen LogP contribution in [0.5, 0.6) is 5.75 Å². The van der Waals surface area contributed by atoms with Gasteiger partial charge in [-0.1, -0.05) is 66.2 Å². The van der Waals surface area contributed by atoms with Gasteiger partial charge in [-0.15, -0.1) is 0 Å². The van der Waals surface area contributed by atoms with Gasteiger partial charge in [0.05, 0.1) is 41.8 Å². The van der Waals surface area contributed by atoms with Gasteiger partial charge in [-0.3, -0.25) is 14.4 Å². The molecule has 3 aromatic rings. The van der Waals surface area contributed by atoms with Crippen LogP contribution in [0.25, 0.3) is 0 Å². The van der Waals surface area contributed by atoms with E-state index >= 15 is 0 Å². The summed E-state index contributed by atoms with van der Waals surface area (Å²) in [6, 6.07) is 22.2. The average molecular weight is 466 g/mol. The van der Waals surface area contributed by atoms with Crippen molar-refractivity contribution in [1.29, 1.82) is 0 Å². The maximum atomic E-state index is 12.9. The fourth-order valence-corrected chi connectivity index (χ4v) is 3.38. The van der Waals surface area contributed by atoms with E-state index in [9.17, 15) is 14.4 Å². The Kier molecular flexibility index (Phi) is 8.43. The van der Waals surface area contributed by atoms with E-state index in [0.29, 0.717) is 22.0 Å². The third-order valence-electron chi connectivity index (χ3n) is 4.78. The minimum atomic E-state index is -0.585. The van der Waals surface area contributed by atoms with Crippen molar-refractivity contribution >= 4 is 35.0 Å². The van der Waals surface area contributed by atoms with E-state index < -0.39 is 11.9 Å². The molecular formula is C25H24ClN3O4. The first-order valence-corrected chi connectivity index (χ1v) is 10.7. The van der Waals surface area contributed by atoms with Crippen LogP contribution in [0.15, 0.2) is 78.9 Å². The van der Waals surface area contributed by atoms with E-state index in [1.54, 1.807) is 48.5 Å². The van der Waals surface area contributed by atoms with Gasteiger partial charge in [0.2, 0.25) is 11.8 Å². The molecule has 0 radical (unpaired) electrons. The quantitative estimate of drug-likeness (QED) is 0.418. The van der Waals surface area contributed by atoms with Gasteiger partial charge in [-0.2, -0.15) is 0 Å². The van der Waals surface area contributed by atoms with Crippen molar-refractivity contribution in [2.45, 2.75) is 18.9 Å². The maximum absolute atomic E-state index is 12.9. The van der Waals surface area contributed by atoms with Crippen LogP contribution < -0.4 is 21.1 Å². The first-order chi connectivity index (χ1) is 15.9. The lowest BCUT2D eigenvalue weighted by atomic mass is 10.0. The number of amides is 3. The summed E-state index contributed by atoms with van der Waals surface area (Å²) in [6.07, 6.45) is 0.0439. The molecule has 7 nitrogen and oxygen atoms in total. The zero-order valence-corrected chi connectivity index (χ0v) is 18.5. The lowest BCUT2D eigenvalue weighted by molar-refractivity contribution is -0.118. The Morgan fingerprint density at radius 2 is 1.58 bits per heavy atom. The Balaban J connectivity index is 1.73. The largest absolute Gasteiger partial charge is 0.491 e. The third-order valence-corrected chi connectivity index (χ3v) is 5.11. The van der Waals surface area contributed by atoms with Gasteiger partial charge in [-0.25, -0.2) is 0 Å². The number of anilines is 1. The maximum Gasteiger partial charge on any atom is 0.253 e. The van der Waals surface area contributed by atoms with Crippen LogP contribution in [-0.2, 0) is 9.59 Å². The predicted octanol–water partition coefficient (Wildman–Crippen LogP) is 4.09. The number of nitrogens with two attached hydrogens (primary N) is 1. The topological polar surface area (TPSA) is 111 Å². The smallest absolute Gasteiger partial charge is 0.253 e. The van der Waals surface area contributed by atoms with Crippen LogP contribution >= 0.6 is 11.6 Å². The number of carbonyl (C=O) groups is 3. The van der Waals surface area contributed by atoms with Crippen molar-refractivity contribution in [3.8, 4) is 5.75 Å². The molecule has 0 bridgehead atoms. The molecule has 0 fully saturated rings. The molecule has 3 aromatic carbocycles. The Morgan fingerprint density at radius 1 is 0.909 bits per heavy atom. The highest BCUT2D eigenvalue weighted by Crippen LogP contribution is 2.26. The molecule has 3 rings (SSSR count). The van der Waals surface area contributed by atoms with Crippen LogP contribution in [0.2, 0.25) is 5.02 Å². The fourth-order valence-electron chi connectivity index (χ4n) is 3.16. The van der Waals surface area contributed by atoms with E-state index in [1.807, 2.05) is 30.3 Å². The number of ether oxygens (including phenoxy) is 1. The summed E-state index contributed by atoms with van der Waals surface area (Å²) in [5, 5.41) is 6.04. The Bertz CT molecular complexity index is 1120. The van der Waals surface area contributed by atoms with Gasteiger partial charge in [-0.05, 0) is 29.8 Å². The Labute approximate surface area is 196 Å². The second-order valence-corrected chi connectivity index (χ2v) is 7.64. The summed E-state index contributed by atoms with van der Waals surface area (Å²) < 4.78 is 5.57. The molecule has 0 spiro atoms. The van der Waals surface area contributed by atoms with Crippen LogP contribution in [0.3, 0.4) is 0 Å². The first kappa shape index (κ1) is 23.8. The molecule has 0 aliphatic rings. The molecule has 0 saturated heterocycles. The first-order valence-electron chi connectivity index (χ1n) is 10.3. The van der Waals surface area contributed by atoms with Gasteiger partial charge in [0, 0.05) is 0 Å². The highest BCUT2D eigenvalue weighted by atomic mass is 35.5. The van der Waals surface area contributed by atoms with Gasteiger partial charge < -0.3 is 21.1 Å². The summed E-state index contributed by atoms with van der Waals surface area (Å²) in [5.74, 6) is -0.758. The van der Waals surface area contributed by atoms with Crippen molar-refractivity contribution in [3.63, 3.8) is 0 Å². The van der Waals surface area contributed by atoms with Crippen molar-refractivity contribution in [1.82, 2.24) is 5.32 Å². The molecule has 0 heterocycles. The van der Waals surface area contributed by atoms with E-state index in [2.05, 4.69) is 10.6 Å². The van der Waals surface area contributed by atoms with E-state index in [0.717, 1.165) is 5.56 Å². The standard InChI is InChI=1S/C25H24ClN3O4/c26-19-11-5-4-10-18(19)25(32)29-21(17-8-2-1-3-9-17)16-24(31)28-20-12-6-7-13-22(20)33-15-14-23(27)30/h1-13,21H,14-16H2,(H2,27,30)(H,28,31)(H,29,32). The summed E-state index contributed by atoms with van der Waals surface area (Å²) in [7, 11) is 0. The zero-order valence-electron chi connectivity index (χ0n) is 17.8. The van der Waals surface area contributed by atoms with Crippen LogP contribution in [-0.4, -0.2) is 24.3 Å². The summed E-state index contributed by atoms with van der Waals surface area (Å²) in [5.41, 5.74) is 6.70. The van der Waals surface area contributed by atoms with Crippen molar-refractivity contribution in [2.24, 2.45) is 5.73 Å². The number of nitrogens with one attached hydrogen (secondary N) is 2. The molecule has 4 N–H and O–H groups in total. The van der Waals surface area contributed by atoms with Gasteiger partial charge in [0.25, 0.3) is 5.91 Å². The molecular weight excluding hydrogens is 442 g/mol. The van der Waals surface area contributed by atoms with Crippen LogP contribution in [0.1, 0.15) is 34.8 Å². The lowest BCUT2D eigenvalue weighted by Gasteiger charge is -2.20. The number of carbonyl (C=O) groups excluding carboxylic acids is 3. The Morgan fingerprint density at radius 3 is 2.30 bits per heavy atom. The minimum Gasteiger partial charge on any atom is -0.491 e. The summed E-state index contributed by atoms with van der Waals surface area (Å²) in [4.78, 5) is 36.7. The van der Waals surface area contributed by atoms with Crippen molar-refractivity contribution < 1.29 is 19.1 Å². The molecule has 8 heteroatoms. The average Bonchev–Trinajstić information content (AvgIpc) is 2.80. The van der Waals surface area contributed by atoms with E-state index in [-0.39, 0.29) is 31.3 Å². The number of rotatable bonds is 10. The molecule has 3 amide bonds. The second kappa shape index (κ2) is 11.7. The summed E-state index contributed by atoms with van der Waals surface area (Å²) >= 11 is 6.16. The fraction of sp³-hybridized carbons (Fsp3) is 0.160. The number of halogens is 1. The molecule has 0 aliphatic carbocycles. The van der Waals surface area contributed by atoms with E-state index in [1.165, 1.54) is 0 Å². The van der Waals surface area contributed by atoms with Gasteiger partial charge in [0.1, 0.15) is 5.75 Å².